The van der Waals surface area contributed by atoms with Crippen LogP contribution in [0.15, 0.2) is 48.0 Å². The highest BCUT2D eigenvalue weighted by molar-refractivity contribution is 7.16. The molecule has 2 aliphatic rings. The molecule has 0 unspecified atom stereocenters. The van der Waals surface area contributed by atoms with Gasteiger partial charge in [-0.15, -0.1) is 11.3 Å². The van der Waals surface area contributed by atoms with Crippen molar-refractivity contribution in [1.82, 2.24) is 19.0 Å². The topological polar surface area (TPSA) is 61.5 Å². The van der Waals surface area contributed by atoms with E-state index in [1.807, 2.05) is 20.8 Å². The second kappa shape index (κ2) is 11.6. The fraction of sp³-hybridized carbons (Fsp3) is 0.515. The molecule has 218 valence electrons. The molecule has 7 nitrogen and oxygen atoms in total. The molecule has 1 aliphatic carbocycles. The van der Waals surface area contributed by atoms with Gasteiger partial charge < -0.3 is 23.5 Å². The van der Waals surface area contributed by atoms with Crippen LogP contribution >= 0.6 is 11.3 Å². The molecule has 0 bridgehead atoms. The van der Waals surface area contributed by atoms with Crippen LogP contribution in [0.4, 0.5) is 4.79 Å². The van der Waals surface area contributed by atoms with Crippen LogP contribution in [0.5, 0.6) is 5.75 Å². The van der Waals surface area contributed by atoms with Gasteiger partial charge in [0.15, 0.2) is 5.82 Å². The minimum Gasteiger partial charge on any atom is -0.490 e. The number of hydrogen-bond acceptors (Lipinski definition) is 5. The zero-order valence-electron chi connectivity index (χ0n) is 24.8. The van der Waals surface area contributed by atoms with E-state index < -0.39 is 5.60 Å². The minimum absolute atomic E-state index is 0.122. The third-order valence-corrected chi connectivity index (χ3v) is 9.44. The summed E-state index contributed by atoms with van der Waals surface area (Å²) in [6.07, 6.45) is 9.59. The molecule has 2 fully saturated rings. The number of nitrogens with zero attached hydrogens (tertiary/aromatic N) is 4. The third-order valence-electron chi connectivity index (χ3n) is 8.44. The molecule has 1 saturated carbocycles. The molecule has 1 saturated heterocycles. The van der Waals surface area contributed by atoms with Crippen molar-refractivity contribution in [2.75, 3.05) is 13.1 Å². The summed E-state index contributed by atoms with van der Waals surface area (Å²) in [7, 11) is 2.16. The second-order valence-corrected chi connectivity index (χ2v) is 13.5. The molecule has 6 rings (SSSR count). The molecular formula is C33H42N4O3S. The number of thiophene rings is 1. The number of amides is 1. The van der Waals surface area contributed by atoms with Gasteiger partial charge in [0.25, 0.3) is 0 Å². The Kier molecular flexibility index (Phi) is 7.86. The van der Waals surface area contributed by atoms with E-state index in [-0.39, 0.29) is 12.2 Å². The largest absolute Gasteiger partial charge is 0.490 e. The standard InChI is InChI=1S/C33H42N4O3S/c1-33(2,3)40-32(38)36-18-14-27(15-19-36)39-26-12-10-23(11-13-26)7-6-17-37-29(24-8-5-9-24)22-34-30(37)28-21-25-16-20-41-31(25)35(28)4/h10-13,16,20-22,24,27H,5-9,14-15,17-19H2,1-4H3. The van der Waals surface area contributed by atoms with Crippen LogP contribution in [-0.2, 0) is 24.8 Å². The molecule has 4 heterocycles. The second-order valence-electron chi connectivity index (χ2n) is 12.6. The van der Waals surface area contributed by atoms with Crippen molar-refractivity contribution in [3.05, 3.63) is 59.2 Å². The van der Waals surface area contributed by atoms with E-state index in [0.29, 0.717) is 19.0 Å². The number of carbonyl (C=O) groups is 1. The van der Waals surface area contributed by atoms with E-state index in [2.05, 4.69) is 64.2 Å². The van der Waals surface area contributed by atoms with Gasteiger partial charge in [0, 0.05) is 62.7 Å². The van der Waals surface area contributed by atoms with Gasteiger partial charge in [-0.05, 0) is 81.7 Å². The number of benzene rings is 1. The van der Waals surface area contributed by atoms with Crippen molar-refractivity contribution in [2.45, 2.75) is 89.9 Å². The highest BCUT2D eigenvalue weighted by atomic mass is 32.1. The van der Waals surface area contributed by atoms with Crippen molar-refractivity contribution in [2.24, 2.45) is 7.05 Å². The third kappa shape index (κ3) is 6.17. The maximum absolute atomic E-state index is 12.3. The lowest BCUT2D eigenvalue weighted by atomic mass is 9.83. The molecule has 0 N–H and O–H groups in total. The quantitative estimate of drug-likeness (QED) is 0.216. The van der Waals surface area contributed by atoms with Crippen LogP contribution in [0, 0.1) is 0 Å². The van der Waals surface area contributed by atoms with Crippen molar-refractivity contribution in [1.29, 1.82) is 0 Å². The van der Waals surface area contributed by atoms with Gasteiger partial charge in [-0.25, -0.2) is 9.78 Å². The zero-order chi connectivity index (χ0) is 28.6. The summed E-state index contributed by atoms with van der Waals surface area (Å²) in [4.78, 5) is 20.4. The van der Waals surface area contributed by atoms with Crippen LogP contribution in [0.2, 0.25) is 0 Å². The number of fused-ring (bicyclic) bond motifs is 1. The predicted octanol–water partition coefficient (Wildman–Crippen LogP) is 7.78. The first kappa shape index (κ1) is 27.9. The summed E-state index contributed by atoms with van der Waals surface area (Å²) in [6, 6.07) is 13.1. The van der Waals surface area contributed by atoms with Gasteiger partial charge >= 0.3 is 6.09 Å². The molecule has 0 atom stereocenters. The number of piperidine rings is 1. The van der Waals surface area contributed by atoms with Gasteiger partial charge in [0.1, 0.15) is 22.3 Å². The summed E-state index contributed by atoms with van der Waals surface area (Å²) in [5.74, 6) is 2.64. The van der Waals surface area contributed by atoms with E-state index in [9.17, 15) is 4.79 Å². The molecule has 0 spiro atoms. The van der Waals surface area contributed by atoms with Gasteiger partial charge in [-0.3, -0.25) is 0 Å². The molecule has 3 aromatic heterocycles. The van der Waals surface area contributed by atoms with Gasteiger partial charge in [0.2, 0.25) is 0 Å². The van der Waals surface area contributed by atoms with E-state index in [0.717, 1.165) is 43.8 Å². The van der Waals surface area contributed by atoms with E-state index in [1.54, 1.807) is 16.2 Å². The van der Waals surface area contributed by atoms with E-state index >= 15 is 0 Å². The van der Waals surface area contributed by atoms with Crippen molar-refractivity contribution >= 4 is 27.6 Å². The molecular weight excluding hydrogens is 532 g/mol. The van der Waals surface area contributed by atoms with E-state index in [1.165, 1.54) is 46.4 Å². The minimum atomic E-state index is -0.467. The fourth-order valence-electron chi connectivity index (χ4n) is 5.97. The number of aromatic nitrogens is 3. The van der Waals surface area contributed by atoms with Crippen LogP contribution in [0.25, 0.3) is 21.7 Å². The number of carbonyl (C=O) groups excluding carboxylic acids is 1. The first-order chi connectivity index (χ1) is 19.7. The summed E-state index contributed by atoms with van der Waals surface area (Å²) < 4.78 is 16.6. The zero-order valence-corrected chi connectivity index (χ0v) is 25.6. The van der Waals surface area contributed by atoms with Crippen LogP contribution in [0.3, 0.4) is 0 Å². The SMILES string of the molecule is Cn1c(-c2ncc(C3CCC3)n2CCCc2ccc(OC3CCN(C(=O)OC(C)(C)C)CC3)cc2)cc2ccsc21. The Morgan fingerprint density at radius 1 is 1.07 bits per heavy atom. The van der Waals surface area contributed by atoms with Crippen molar-refractivity contribution < 1.29 is 14.3 Å². The smallest absolute Gasteiger partial charge is 0.410 e. The first-order valence-electron chi connectivity index (χ1n) is 15.1. The molecule has 0 radical (unpaired) electrons. The maximum Gasteiger partial charge on any atom is 0.410 e. The Balaban J connectivity index is 1.04. The normalized spacial score (nSPS) is 16.7. The highest BCUT2D eigenvalue weighted by Gasteiger charge is 2.28. The number of imidazole rings is 1. The van der Waals surface area contributed by atoms with Gasteiger partial charge in [-0.2, -0.15) is 0 Å². The number of ether oxygens (including phenoxy) is 2. The van der Waals surface area contributed by atoms with Crippen LogP contribution in [-0.4, -0.2) is 49.9 Å². The Labute approximate surface area is 247 Å². The fourth-order valence-corrected chi connectivity index (χ4v) is 6.83. The van der Waals surface area contributed by atoms with Crippen molar-refractivity contribution in [3.63, 3.8) is 0 Å². The first-order valence-corrected chi connectivity index (χ1v) is 16.0. The van der Waals surface area contributed by atoms with Gasteiger partial charge in [-0.1, -0.05) is 18.6 Å². The molecule has 8 heteroatoms. The Bertz CT molecular complexity index is 1480. The highest BCUT2D eigenvalue weighted by Crippen LogP contribution is 2.39. The summed E-state index contributed by atoms with van der Waals surface area (Å²) in [6.45, 7) is 8.00. The average molecular weight is 575 g/mol. The number of aryl methyl sites for hydroxylation is 2. The number of likely N-dealkylation sites (tertiary alicyclic amines) is 1. The Morgan fingerprint density at radius 3 is 2.49 bits per heavy atom. The lowest BCUT2D eigenvalue weighted by Crippen LogP contribution is -2.44. The number of hydrogen-bond donors (Lipinski definition) is 0. The van der Waals surface area contributed by atoms with Crippen LogP contribution in [0.1, 0.15) is 76.5 Å². The summed E-state index contributed by atoms with van der Waals surface area (Å²) in [5, 5.41) is 3.45. The Hall–Kier alpha value is -3.26. The van der Waals surface area contributed by atoms with Gasteiger partial charge in [0.05, 0.1) is 5.69 Å². The van der Waals surface area contributed by atoms with Crippen molar-refractivity contribution in [3.8, 4) is 17.3 Å². The molecule has 41 heavy (non-hydrogen) atoms. The summed E-state index contributed by atoms with van der Waals surface area (Å²) >= 11 is 1.79. The summed E-state index contributed by atoms with van der Waals surface area (Å²) in [5.41, 5.74) is 3.46. The monoisotopic (exact) mass is 574 g/mol. The average Bonchev–Trinajstić information content (AvgIpc) is 3.60. The van der Waals surface area contributed by atoms with E-state index in [4.69, 9.17) is 14.5 Å². The maximum atomic E-state index is 12.3. The molecule has 4 aromatic rings. The Morgan fingerprint density at radius 2 is 1.83 bits per heavy atom. The lowest BCUT2D eigenvalue weighted by molar-refractivity contribution is 0.0126. The molecule has 1 aromatic carbocycles. The van der Waals surface area contributed by atoms with Crippen LogP contribution < -0.4 is 4.74 Å². The predicted molar refractivity (Wildman–Crippen MR) is 165 cm³/mol. The number of rotatable bonds is 8. The molecule has 1 aliphatic heterocycles. The lowest BCUT2D eigenvalue weighted by Gasteiger charge is -2.33. The molecule has 1 amide bonds.